The van der Waals surface area contributed by atoms with Crippen LogP contribution in [0.15, 0.2) is 36.8 Å². The molecule has 6 heteroatoms. The van der Waals surface area contributed by atoms with Crippen molar-refractivity contribution >= 4 is 0 Å². The fraction of sp³-hybridized carbons (Fsp3) is 0.182. The van der Waals surface area contributed by atoms with Crippen molar-refractivity contribution in [1.29, 1.82) is 0 Å². The number of hydrogen-bond acceptors (Lipinski definition) is 2. The number of alkyl halides is 3. The van der Waals surface area contributed by atoms with Crippen LogP contribution < -0.4 is 4.74 Å². The van der Waals surface area contributed by atoms with E-state index in [0.717, 1.165) is 12.1 Å². The van der Waals surface area contributed by atoms with Gasteiger partial charge >= 0.3 is 6.18 Å². The number of imidazole rings is 1. The first kappa shape index (κ1) is 11.5. The molecule has 0 bridgehead atoms. The Morgan fingerprint density at radius 1 is 1.29 bits per heavy atom. The molecule has 1 aromatic heterocycles. The van der Waals surface area contributed by atoms with Gasteiger partial charge < -0.3 is 9.72 Å². The van der Waals surface area contributed by atoms with E-state index < -0.39 is 11.7 Å². The van der Waals surface area contributed by atoms with E-state index >= 15 is 0 Å². The van der Waals surface area contributed by atoms with Gasteiger partial charge in [0.15, 0.2) is 0 Å². The monoisotopic (exact) mass is 242 g/mol. The summed E-state index contributed by atoms with van der Waals surface area (Å²) in [5.74, 6) is 0.169. The zero-order chi connectivity index (χ0) is 12.3. The highest BCUT2D eigenvalue weighted by Crippen LogP contribution is 2.31. The Balaban J connectivity index is 2.07. The molecule has 0 unspecified atom stereocenters. The van der Waals surface area contributed by atoms with Crippen LogP contribution in [0.3, 0.4) is 0 Å². The minimum absolute atomic E-state index is 0.130. The molecule has 0 aliphatic carbocycles. The first-order valence-electron chi connectivity index (χ1n) is 4.83. The second-order valence-electron chi connectivity index (χ2n) is 3.37. The van der Waals surface area contributed by atoms with Crippen LogP contribution in [0.2, 0.25) is 0 Å². The summed E-state index contributed by atoms with van der Waals surface area (Å²) in [4.78, 5) is 6.63. The normalized spacial score (nSPS) is 11.5. The summed E-state index contributed by atoms with van der Waals surface area (Å²) < 4.78 is 42.4. The molecule has 0 aliphatic heterocycles. The first-order valence-corrected chi connectivity index (χ1v) is 4.83. The predicted octanol–water partition coefficient (Wildman–Crippen LogP) is 3.01. The van der Waals surface area contributed by atoms with Gasteiger partial charge in [-0.15, -0.1) is 0 Å². The Bertz CT molecular complexity index is 480. The van der Waals surface area contributed by atoms with Crippen molar-refractivity contribution < 1.29 is 17.9 Å². The topological polar surface area (TPSA) is 37.9 Å². The third-order valence-electron chi connectivity index (χ3n) is 2.10. The van der Waals surface area contributed by atoms with Crippen LogP contribution in [0.25, 0.3) is 0 Å². The van der Waals surface area contributed by atoms with Gasteiger partial charge in [-0.05, 0) is 18.2 Å². The molecule has 0 radical (unpaired) electrons. The molecule has 0 amide bonds. The highest BCUT2D eigenvalue weighted by Gasteiger charge is 2.30. The number of rotatable bonds is 3. The summed E-state index contributed by atoms with van der Waals surface area (Å²) in [5, 5.41) is 0. The molecule has 1 N–H and O–H groups in total. The zero-order valence-corrected chi connectivity index (χ0v) is 8.66. The van der Waals surface area contributed by atoms with Crippen molar-refractivity contribution in [3.8, 4) is 5.75 Å². The maximum atomic E-state index is 12.4. The fourth-order valence-corrected chi connectivity index (χ4v) is 1.29. The second kappa shape index (κ2) is 4.48. The van der Waals surface area contributed by atoms with Gasteiger partial charge in [-0.2, -0.15) is 13.2 Å². The highest BCUT2D eigenvalue weighted by molar-refractivity contribution is 5.30. The van der Waals surface area contributed by atoms with E-state index in [1.165, 1.54) is 18.5 Å². The first-order chi connectivity index (χ1) is 8.05. The number of nitrogens with zero attached hydrogens (tertiary/aromatic N) is 1. The van der Waals surface area contributed by atoms with Crippen LogP contribution in [0.5, 0.6) is 5.75 Å². The largest absolute Gasteiger partial charge is 0.487 e. The third-order valence-corrected chi connectivity index (χ3v) is 2.10. The van der Waals surface area contributed by atoms with Gasteiger partial charge in [-0.1, -0.05) is 6.07 Å². The van der Waals surface area contributed by atoms with Gasteiger partial charge in [0, 0.05) is 6.20 Å². The smallest absolute Gasteiger partial charge is 0.416 e. The molecule has 2 aromatic rings. The van der Waals surface area contributed by atoms with E-state index in [1.807, 2.05) is 0 Å². The molecule has 0 saturated carbocycles. The lowest BCUT2D eigenvalue weighted by molar-refractivity contribution is -0.137. The van der Waals surface area contributed by atoms with E-state index in [-0.39, 0.29) is 12.4 Å². The van der Waals surface area contributed by atoms with Crippen molar-refractivity contribution in [3.05, 3.63) is 48.0 Å². The minimum Gasteiger partial charge on any atom is -0.487 e. The molecule has 0 aliphatic rings. The molecule has 0 fully saturated rings. The maximum Gasteiger partial charge on any atom is 0.416 e. The Labute approximate surface area is 95.3 Å². The molecule has 17 heavy (non-hydrogen) atoms. The summed E-state index contributed by atoms with van der Waals surface area (Å²) >= 11 is 0. The molecular weight excluding hydrogens is 233 g/mol. The van der Waals surface area contributed by atoms with Crippen molar-refractivity contribution in [3.63, 3.8) is 0 Å². The molecule has 0 spiro atoms. The summed E-state index contributed by atoms with van der Waals surface area (Å²) in [6, 6.07) is 4.75. The number of hydrogen-bond donors (Lipinski definition) is 1. The SMILES string of the molecule is FC(F)(F)c1cccc(OCc2c[nH]cn2)c1. The van der Waals surface area contributed by atoms with Crippen LogP contribution >= 0.6 is 0 Å². The maximum absolute atomic E-state index is 12.4. The summed E-state index contributed by atoms with van der Waals surface area (Å²) in [6.07, 6.45) is -1.26. The number of halogens is 3. The van der Waals surface area contributed by atoms with Crippen LogP contribution in [-0.4, -0.2) is 9.97 Å². The van der Waals surface area contributed by atoms with Crippen LogP contribution in [0.1, 0.15) is 11.3 Å². The average Bonchev–Trinajstić information content (AvgIpc) is 2.78. The molecular formula is C11H9F3N2O. The van der Waals surface area contributed by atoms with Gasteiger partial charge in [-0.3, -0.25) is 0 Å². The molecule has 90 valence electrons. The number of benzene rings is 1. The van der Waals surface area contributed by atoms with Gasteiger partial charge in [-0.25, -0.2) is 4.98 Å². The van der Waals surface area contributed by atoms with Crippen LogP contribution in [0.4, 0.5) is 13.2 Å². The molecule has 3 nitrogen and oxygen atoms in total. The predicted molar refractivity (Wildman–Crippen MR) is 54.4 cm³/mol. The number of H-pyrrole nitrogens is 1. The number of aromatic nitrogens is 2. The lowest BCUT2D eigenvalue weighted by atomic mass is 10.2. The van der Waals surface area contributed by atoms with E-state index in [1.54, 1.807) is 6.20 Å². The van der Waals surface area contributed by atoms with E-state index in [2.05, 4.69) is 9.97 Å². The molecule has 1 heterocycles. The molecule has 2 rings (SSSR count). The summed E-state index contributed by atoms with van der Waals surface area (Å²) in [7, 11) is 0. The average molecular weight is 242 g/mol. The van der Waals surface area contributed by atoms with Gasteiger partial charge in [0.25, 0.3) is 0 Å². The Hall–Kier alpha value is -1.98. The Kier molecular flexibility index (Phi) is 3.03. The van der Waals surface area contributed by atoms with E-state index in [9.17, 15) is 13.2 Å². The molecule has 0 atom stereocenters. The second-order valence-corrected chi connectivity index (χ2v) is 3.37. The van der Waals surface area contributed by atoms with Gasteiger partial charge in [0.2, 0.25) is 0 Å². The Morgan fingerprint density at radius 3 is 2.76 bits per heavy atom. The number of aromatic amines is 1. The van der Waals surface area contributed by atoms with Crippen molar-refractivity contribution in [2.45, 2.75) is 12.8 Å². The van der Waals surface area contributed by atoms with Crippen LogP contribution in [0, 0.1) is 0 Å². The highest BCUT2D eigenvalue weighted by atomic mass is 19.4. The molecule has 1 aromatic carbocycles. The van der Waals surface area contributed by atoms with Crippen molar-refractivity contribution in [2.24, 2.45) is 0 Å². The zero-order valence-electron chi connectivity index (χ0n) is 8.66. The minimum atomic E-state index is -4.36. The lowest BCUT2D eigenvalue weighted by Crippen LogP contribution is -2.05. The number of nitrogens with one attached hydrogen (secondary N) is 1. The number of ether oxygens (including phenoxy) is 1. The van der Waals surface area contributed by atoms with Crippen molar-refractivity contribution in [1.82, 2.24) is 9.97 Å². The van der Waals surface area contributed by atoms with E-state index in [0.29, 0.717) is 5.69 Å². The Morgan fingerprint density at radius 2 is 2.12 bits per heavy atom. The van der Waals surface area contributed by atoms with Gasteiger partial charge in [0.1, 0.15) is 12.4 Å². The van der Waals surface area contributed by atoms with Crippen LogP contribution in [-0.2, 0) is 12.8 Å². The molecule has 0 saturated heterocycles. The van der Waals surface area contributed by atoms with Crippen molar-refractivity contribution in [2.75, 3.05) is 0 Å². The van der Waals surface area contributed by atoms with Gasteiger partial charge in [0.05, 0.1) is 17.6 Å². The van der Waals surface area contributed by atoms with E-state index in [4.69, 9.17) is 4.74 Å². The standard InChI is InChI=1S/C11H9F3N2O/c12-11(13,14)8-2-1-3-10(4-8)17-6-9-5-15-7-16-9/h1-5,7H,6H2,(H,15,16). The third kappa shape index (κ3) is 2.99. The summed E-state index contributed by atoms with van der Waals surface area (Å²) in [6.45, 7) is 0.130. The summed E-state index contributed by atoms with van der Waals surface area (Å²) in [5.41, 5.74) is -0.0977. The lowest BCUT2D eigenvalue weighted by Gasteiger charge is -2.09. The fourth-order valence-electron chi connectivity index (χ4n) is 1.29. The quantitative estimate of drug-likeness (QED) is 0.898.